The van der Waals surface area contributed by atoms with Crippen LogP contribution in [-0.2, 0) is 6.42 Å². The predicted octanol–water partition coefficient (Wildman–Crippen LogP) is 5.90. The summed E-state index contributed by atoms with van der Waals surface area (Å²) in [5, 5.41) is 0. The molecule has 3 aromatic rings. The molecule has 1 aliphatic heterocycles. The first-order valence-electron chi connectivity index (χ1n) is 10.9. The van der Waals surface area contributed by atoms with Crippen molar-refractivity contribution in [2.24, 2.45) is 0 Å². The molecule has 1 atom stereocenters. The molecule has 1 aliphatic rings. The number of carbonyl (C=O) groups is 1. The third-order valence-electron chi connectivity index (χ3n) is 5.96. The number of benzene rings is 3. The molecule has 0 N–H and O–H groups in total. The molecule has 0 saturated heterocycles. The maximum Gasteiger partial charge on any atom is 0.254 e. The lowest BCUT2D eigenvalue weighted by molar-refractivity contribution is 0.0589. The Hall–Kier alpha value is -2.99. The fourth-order valence-corrected chi connectivity index (χ4v) is 4.66. The Morgan fingerprint density at radius 3 is 2.24 bits per heavy atom. The van der Waals surface area contributed by atoms with Gasteiger partial charge in [0.1, 0.15) is 12.4 Å². The van der Waals surface area contributed by atoms with Crippen molar-refractivity contribution in [1.29, 1.82) is 0 Å². The van der Waals surface area contributed by atoms with E-state index in [4.69, 9.17) is 14.2 Å². The van der Waals surface area contributed by atoms with Gasteiger partial charge in [-0.15, -0.1) is 0 Å². The summed E-state index contributed by atoms with van der Waals surface area (Å²) in [6.45, 7) is 5.04. The topological polar surface area (TPSA) is 48.0 Å². The summed E-state index contributed by atoms with van der Waals surface area (Å²) in [4.78, 5) is 15.4. The van der Waals surface area contributed by atoms with Gasteiger partial charge in [0.25, 0.3) is 5.91 Å². The van der Waals surface area contributed by atoms with Crippen molar-refractivity contribution < 1.29 is 19.0 Å². The predicted molar refractivity (Wildman–Crippen MR) is 133 cm³/mol. The van der Waals surface area contributed by atoms with E-state index in [1.165, 1.54) is 0 Å². The van der Waals surface area contributed by atoms with Crippen molar-refractivity contribution in [2.45, 2.75) is 26.3 Å². The summed E-state index contributed by atoms with van der Waals surface area (Å²) >= 11 is 3.44. The molecule has 4 rings (SSSR count). The number of carbonyl (C=O) groups excluding carboxylic acids is 1. The van der Waals surface area contributed by atoms with Crippen LogP contribution in [0.4, 0.5) is 0 Å². The number of hydrogen-bond acceptors (Lipinski definition) is 4. The molecule has 1 heterocycles. The second-order valence-corrected chi connectivity index (χ2v) is 9.23. The third-order valence-corrected chi connectivity index (χ3v) is 6.49. The van der Waals surface area contributed by atoms with Crippen LogP contribution >= 0.6 is 15.9 Å². The smallest absolute Gasteiger partial charge is 0.254 e. The minimum atomic E-state index is -0.259. The minimum Gasteiger partial charge on any atom is -0.493 e. The lowest BCUT2D eigenvalue weighted by Crippen LogP contribution is -2.42. The summed E-state index contributed by atoms with van der Waals surface area (Å²) in [6.07, 6.45) is 0.734. The lowest BCUT2D eigenvalue weighted by Gasteiger charge is -2.37. The van der Waals surface area contributed by atoms with Crippen LogP contribution in [-0.4, -0.2) is 38.2 Å². The number of rotatable bonds is 6. The highest BCUT2D eigenvalue weighted by atomic mass is 79.9. The highest BCUT2D eigenvalue weighted by Gasteiger charge is 2.33. The van der Waals surface area contributed by atoms with Gasteiger partial charge in [-0.3, -0.25) is 4.79 Å². The third kappa shape index (κ3) is 5.01. The van der Waals surface area contributed by atoms with E-state index < -0.39 is 0 Å². The molecule has 1 amide bonds. The Morgan fingerprint density at radius 1 is 0.970 bits per heavy atom. The van der Waals surface area contributed by atoms with Crippen LogP contribution in [0.2, 0.25) is 0 Å². The quantitative estimate of drug-likeness (QED) is 0.414. The van der Waals surface area contributed by atoms with Crippen molar-refractivity contribution in [3.8, 4) is 17.2 Å². The molecular formula is C27H28BrNO4. The molecule has 0 saturated carbocycles. The van der Waals surface area contributed by atoms with Crippen LogP contribution in [0.3, 0.4) is 0 Å². The fourth-order valence-electron chi connectivity index (χ4n) is 4.40. The largest absolute Gasteiger partial charge is 0.493 e. The zero-order chi connectivity index (χ0) is 23.5. The highest BCUT2D eigenvalue weighted by Crippen LogP contribution is 2.39. The minimum absolute atomic E-state index is 0.0167. The maximum atomic E-state index is 13.5. The molecular weight excluding hydrogens is 482 g/mol. The van der Waals surface area contributed by atoms with Gasteiger partial charge in [-0.1, -0.05) is 22.0 Å². The zero-order valence-corrected chi connectivity index (χ0v) is 20.9. The Labute approximate surface area is 203 Å². The van der Waals surface area contributed by atoms with Gasteiger partial charge in [-0.05, 0) is 91.1 Å². The molecule has 0 spiro atoms. The van der Waals surface area contributed by atoms with Crippen molar-refractivity contribution in [2.75, 3.05) is 27.4 Å². The van der Waals surface area contributed by atoms with Gasteiger partial charge in [-0.25, -0.2) is 0 Å². The van der Waals surface area contributed by atoms with Gasteiger partial charge in [0.2, 0.25) is 0 Å². The van der Waals surface area contributed by atoms with Gasteiger partial charge in [0.15, 0.2) is 11.5 Å². The summed E-state index contributed by atoms with van der Waals surface area (Å²) < 4.78 is 18.3. The second-order valence-electron chi connectivity index (χ2n) is 8.31. The van der Waals surface area contributed by atoms with Gasteiger partial charge in [0.05, 0.1) is 20.3 Å². The Morgan fingerprint density at radius 2 is 1.61 bits per heavy atom. The number of methoxy groups -OCH3 is 2. The van der Waals surface area contributed by atoms with Crippen LogP contribution in [0, 0.1) is 13.8 Å². The van der Waals surface area contributed by atoms with Crippen molar-refractivity contribution in [1.82, 2.24) is 4.90 Å². The lowest BCUT2D eigenvalue weighted by atomic mass is 9.91. The van der Waals surface area contributed by atoms with Gasteiger partial charge >= 0.3 is 0 Å². The SMILES string of the molecule is COc1cc2c(cc1OC)C(COc1cc(C)cc(C)c1)N(C(=O)c1ccc(Br)cc1)CC2. The Bertz CT molecular complexity index is 1140. The van der Waals surface area contributed by atoms with E-state index in [1.54, 1.807) is 14.2 Å². The average Bonchev–Trinajstić information content (AvgIpc) is 2.80. The van der Waals surface area contributed by atoms with Crippen LogP contribution in [0.1, 0.15) is 38.7 Å². The molecule has 172 valence electrons. The standard InChI is InChI=1S/C27H28BrNO4/c1-17-11-18(2)13-22(12-17)33-16-24-23-15-26(32-4)25(31-3)14-20(23)9-10-29(24)27(30)19-5-7-21(28)8-6-19/h5-8,11-15,24H,9-10,16H2,1-4H3. The molecule has 1 unspecified atom stereocenters. The number of hydrogen-bond donors (Lipinski definition) is 0. The van der Waals surface area contributed by atoms with E-state index >= 15 is 0 Å². The summed E-state index contributed by atoms with van der Waals surface area (Å²) in [5.41, 5.74) is 5.10. The van der Waals surface area contributed by atoms with Crippen LogP contribution in [0.25, 0.3) is 0 Å². The number of amides is 1. The first kappa shape index (κ1) is 23.2. The molecule has 0 radical (unpaired) electrons. The van der Waals surface area contributed by atoms with E-state index in [9.17, 15) is 4.79 Å². The van der Waals surface area contributed by atoms with E-state index in [-0.39, 0.29) is 11.9 Å². The maximum absolute atomic E-state index is 13.5. The first-order valence-corrected chi connectivity index (χ1v) is 11.7. The highest BCUT2D eigenvalue weighted by molar-refractivity contribution is 9.10. The Balaban J connectivity index is 1.71. The van der Waals surface area contributed by atoms with Crippen molar-refractivity contribution in [3.63, 3.8) is 0 Å². The van der Waals surface area contributed by atoms with Crippen LogP contribution in [0.5, 0.6) is 17.2 Å². The number of halogens is 1. The molecule has 33 heavy (non-hydrogen) atoms. The van der Waals surface area contributed by atoms with Crippen molar-refractivity contribution in [3.05, 3.63) is 86.9 Å². The molecule has 3 aromatic carbocycles. The molecule has 0 bridgehead atoms. The molecule has 6 heteroatoms. The van der Waals surface area contributed by atoms with Gasteiger partial charge in [-0.2, -0.15) is 0 Å². The number of ether oxygens (including phenoxy) is 3. The Kier molecular flexibility index (Phi) is 6.94. The molecule has 5 nitrogen and oxygen atoms in total. The van der Waals surface area contributed by atoms with Crippen LogP contribution in [0.15, 0.2) is 59.1 Å². The zero-order valence-electron chi connectivity index (χ0n) is 19.4. The number of nitrogens with zero attached hydrogens (tertiary/aromatic N) is 1. The van der Waals surface area contributed by atoms with Crippen molar-refractivity contribution >= 4 is 21.8 Å². The van der Waals surface area contributed by atoms with Crippen LogP contribution < -0.4 is 14.2 Å². The van der Waals surface area contributed by atoms with E-state index in [2.05, 4.69) is 35.8 Å². The summed E-state index contributed by atoms with van der Waals surface area (Å²) in [6, 6.07) is 17.4. The normalized spacial score (nSPS) is 15.1. The number of fused-ring (bicyclic) bond motifs is 1. The summed E-state index contributed by atoms with van der Waals surface area (Å²) in [7, 11) is 3.26. The van der Waals surface area contributed by atoms with E-state index in [0.717, 1.165) is 38.9 Å². The first-order chi connectivity index (χ1) is 15.9. The van der Waals surface area contributed by atoms with E-state index in [0.29, 0.717) is 30.2 Å². The molecule has 0 fully saturated rings. The van der Waals surface area contributed by atoms with Gasteiger partial charge < -0.3 is 19.1 Å². The van der Waals surface area contributed by atoms with E-state index in [1.807, 2.05) is 53.4 Å². The van der Waals surface area contributed by atoms with Gasteiger partial charge in [0, 0.05) is 16.6 Å². The molecule has 0 aromatic heterocycles. The fraction of sp³-hybridized carbons (Fsp3) is 0.296. The average molecular weight is 510 g/mol. The second kappa shape index (κ2) is 9.87. The number of aryl methyl sites for hydroxylation is 2. The molecule has 0 aliphatic carbocycles. The summed E-state index contributed by atoms with van der Waals surface area (Å²) in [5.74, 6) is 2.12. The monoisotopic (exact) mass is 509 g/mol.